The molecule has 2 aliphatic rings. The molecule has 1 amide bonds. The van der Waals surface area contributed by atoms with Crippen LogP contribution in [0, 0.1) is 16.9 Å². The highest BCUT2D eigenvalue weighted by Gasteiger charge is 2.25. The Morgan fingerprint density at radius 1 is 1.09 bits per heavy atom. The first-order valence-electron chi connectivity index (χ1n) is 13.8. The maximum absolute atomic E-state index is 16.0. The summed E-state index contributed by atoms with van der Waals surface area (Å²) in [6, 6.07) is 9.86. The third-order valence-corrected chi connectivity index (χ3v) is 7.23. The van der Waals surface area contributed by atoms with Crippen molar-refractivity contribution >= 4 is 28.4 Å². The van der Waals surface area contributed by atoms with E-state index in [9.17, 15) is 4.79 Å². The number of aromatic nitrogens is 6. The topological polar surface area (TPSA) is 130 Å². The summed E-state index contributed by atoms with van der Waals surface area (Å²) < 4.78 is 33.4. The lowest BCUT2D eigenvalue weighted by molar-refractivity contribution is 0.102. The van der Waals surface area contributed by atoms with Gasteiger partial charge in [0.2, 0.25) is 0 Å². The number of rotatable bonds is 7. The van der Waals surface area contributed by atoms with Crippen LogP contribution < -0.4 is 15.8 Å². The Balaban J connectivity index is 1.38. The van der Waals surface area contributed by atoms with Crippen molar-refractivity contribution in [2.24, 2.45) is 0 Å². The lowest BCUT2D eigenvalue weighted by Gasteiger charge is -2.15. The highest BCUT2D eigenvalue weighted by atomic mass is 19.1. The summed E-state index contributed by atoms with van der Waals surface area (Å²) in [6.07, 6.45) is 10.3. The van der Waals surface area contributed by atoms with E-state index in [2.05, 4.69) is 38.7 Å². The van der Waals surface area contributed by atoms with Gasteiger partial charge in [0.05, 0.1) is 23.2 Å². The van der Waals surface area contributed by atoms with Gasteiger partial charge in [0.25, 0.3) is 17.0 Å². The van der Waals surface area contributed by atoms with Crippen LogP contribution >= 0.6 is 0 Å². The summed E-state index contributed by atoms with van der Waals surface area (Å²) in [6.45, 7) is 6.18. The highest BCUT2D eigenvalue weighted by molar-refractivity contribution is 6.05. The van der Waals surface area contributed by atoms with E-state index in [4.69, 9.17) is 14.9 Å². The molecular weight excluding hydrogens is 551 g/mol. The molecule has 0 fully saturated rings. The van der Waals surface area contributed by atoms with Gasteiger partial charge in [-0.3, -0.25) is 14.2 Å². The Bertz CT molecular complexity index is 2210. The molecule has 0 unspecified atom stereocenters. The lowest BCUT2D eigenvalue weighted by atomic mass is 10.0. The molecule has 12 heteroatoms. The monoisotopic (exact) mass is 578 g/mol. The largest absolute Gasteiger partial charge is 0.493 e. The molecule has 2 aliphatic heterocycles. The number of anilines is 2. The van der Waals surface area contributed by atoms with Crippen molar-refractivity contribution in [1.29, 1.82) is 0 Å². The van der Waals surface area contributed by atoms with Crippen molar-refractivity contribution < 1.29 is 18.3 Å². The fourth-order valence-corrected chi connectivity index (χ4v) is 5.19. The van der Waals surface area contributed by atoms with Gasteiger partial charge in [0.15, 0.2) is 0 Å². The minimum atomic E-state index is -0.676. The summed E-state index contributed by atoms with van der Waals surface area (Å²) in [5.74, 6) is -0.684. The number of nitrogens with two attached hydrogens (primary N) is 1. The third-order valence-electron chi connectivity index (χ3n) is 7.23. The van der Waals surface area contributed by atoms with Crippen molar-refractivity contribution in [3.05, 3.63) is 96.2 Å². The van der Waals surface area contributed by atoms with Gasteiger partial charge in [0.1, 0.15) is 35.1 Å². The Labute approximate surface area is 244 Å². The van der Waals surface area contributed by atoms with E-state index in [1.807, 2.05) is 22.9 Å². The maximum atomic E-state index is 16.0. The van der Waals surface area contributed by atoms with E-state index in [0.29, 0.717) is 34.0 Å². The Morgan fingerprint density at radius 2 is 1.95 bits per heavy atom. The number of hydrogen-bond acceptors (Lipinski definition) is 7. The van der Waals surface area contributed by atoms with Gasteiger partial charge in [-0.15, -0.1) is 0 Å². The quantitative estimate of drug-likeness (QED) is 0.245. The summed E-state index contributed by atoms with van der Waals surface area (Å²) in [5.41, 5.74) is 11.6. The van der Waals surface area contributed by atoms with Crippen LogP contribution in [-0.2, 0) is 0 Å². The number of nitrogen functional groups attached to an aromatic ring is 1. The van der Waals surface area contributed by atoms with Crippen LogP contribution in [-0.4, -0.2) is 40.8 Å². The number of pyridine rings is 2. The number of carbonyl (C=O) groups is 1. The number of fused-ring (bicyclic) bond motifs is 3. The second-order valence-corrected chi connectivity index (χ2v) is 10.3. The van der Waals surface area contributed by atoms with Crippen molar-refractivity contribution in [1.82, 2.24) is 28.3 Å². The fraction of sp³-hybridized carbons (Fsp3) is 0.161. The third kappa shape index (κ3) is 4.43. The maximum Gasteiger partial charge on any atom is 0.268 e. The van der Waals surface area contributed by atoms with Crippen LogP contribution in [0.5, 0.6) is 5.75 Å². The van der Waals surface area contributed by atoms with E-state index >= 15 is 4.39 Å². The van der Waals surface area contributed by atoms with Crippen LogP contribution in [0.25, 0.3) is 33.5 Å². The molecule has 1 aromatic carbocycles. The zero-order valence-electron chi connectivity index (χ0n) is 23.6. The molecular formula is C31H27FN8O3. The van der Waals surface area contributed by atoms with E-state index in [-0.39, 0.29) is 29.5 Å². The van der Waals surface area contributed by atoms with Gasteiger partial charge in [-0.05, 0) is 51.1 Å². The molecule has 3 N–H and O–H groups in total. The minimum Gasteiger partial charge on any atom is -0.493 e. The number of ether oxygens (including phenoxy) is 1. The number of halogens is 1. The van der Waals surface area contributed by atoms with Crippen molar-refractivity contribution in [2.45, 2.75) is 26.8 Å². The predicted octanol–water partition coefficient (Wildman–Crippen LogP) is 5.78. The molecule has 0 saturated heterocycles. The first-order valence-corrected chi connectivity index (χ1v) is 13.8. The molecule has 11 nitrogen and oxygen atoms in total. The molecule has 7 rings (SSSR count). The highest BCUT2D eigenvalue weighted by Crippen LogP contribution is 2.40. The zero-order chi connectivity index (χ0) is 29.8. The van der Waals surface area contributed by atoms with Crippen LogP contribution in [0.15, 0.2) is 78.1 Å². The summed E-state index contributed by atoms with van der Waals surface area (Å²) in [4.78, 5) is 26.3. The van der Waals surface area contributed by atoms with E-state index in [0.717, 1.165) is 22.7 Å². The Morgan fingerprint density at radius 3 is 2.72 bits per heavy atom. The van der Waals surface area contributed by atoms with Crippen LogP contribution in [0.3, 0.4) is 0 Å². The van der Waals surface area contributed by atoms with Gasteiger partial charge in [0, 0.05) is 53.8 Å². The molecule has 0 saturated carbocycles. The van der Waals surface area contributed by atoms with Gasteiger partial charge in [-0.2, -0.15) is 0 Å². The van der Waals surface area contributed by atoms with Gasteiger partial charge < -0.3 is 29.2 Å². The average molecular weight is 579 g/mol. The van der Waals surface area contributed by atoms with Crippen LogP contribution in [0.1, 0.15) is 37.2 Å². The van der Waals surface area contributed by atoms with Crippen molar-refractivity contribution in [3.8, 4) is 28.3 Å². The molecule has 0 radical (unpaired) electrons. The van der Waals surface area contributed by atoms with Gasteiger partial charge >= 0.3 is 0 Å². The Kier molecular flexibility index (Phi) is 6.12. The second-order valence-electron chi connectivity index (χ2n) is 10.3. The lowest BCUT2D eigenvalue weighted by Crippen LogP contribution is -2.14. The zero-order valence-corrected chi connectivity index (χ0v) is 23.6. The number of hydrogen-bond donors (Lipinski definition) is 2. The number of benzene rings is 1. The molecule has 0 bridgehead atoms. The predicted molar refractivity (Wildman–Crippen MR) is 158 cm³/mol. The van der Waals surface area contributed by atoms with Gasteiger partial charge in [-0.1, -0.05) is 6.07 Å². The molecule has 6 heterocycles. The summed E-state index contributed by atoms with van der Waals surface area (Å²) in [7, 11) is 0. The van der Waals surface area contributed by atoms with E-state index < -0.39 is 11.7 Å². The molecule has 0 aliphatic carbocycles. The number of nitrogens with one attached hydrogen (secondary N) is 1. The van der Waals surface area contributed by atoms with Crippen molar-refractivity contribution in [2.75, 3.05) is 17.7 Å². The number of imidazole rings is 1. The van der Waals surface area contributed by atoms with Crippen molar-refractivity contribution in [3.63, 3.8) is 0 Å². The summed E-state index contributed by atoms with van der Waals surface area (Å²) in [5, 5.41) is 2.68. The molecule has 0 atom stereocenters. The number of amides is 1. The average Bonchev–Trinajstić information content (AvgIpc) is 3.68. The normalized spacial score (nSPS) is 11.7. The minimum absolute atomic E-state index is 0.0766. The van der Waals surface area contributed by atoms with Gasteiger partial charge in [-0.25, -0.2) is 14.4 Å². The van der Waals surface area contributed by atoms with Crippen LogP contribution in [0.2, 0.25) is 0 Å². The molecule has 4 aromatic heterocycles. The second kappa shape index (κ2) is 10.0. The van der Waals surface area contributed by atoms with Crippen LogP contribution in [0.4, 0.5) is 15.9 Å². The Hall–Kier alpha value is -5.65. The smallest absolute Gasteiger partial charge is 0.268 e. The fourth-order valence-electron chi connectivity index (χ4n) is 5.19. The standard InChI is InChI=1S/C31H27FN8O3/c1-4-42-23-12-18(29(41)37-24-7-5-6-8-34-24)11-21(32)25(23)27-28-26(35-9-10-38(28)16-36-27)20-15-40-19(13-22(20)33)14-39(17(2)3)30-31(40)43-30/h5-17H,4,33H2,1-3H3,(H,34,37,41). The first kappa shape index (κ1) is 26.3. The SMILES string of the molecule is CCOc1cc(C(=O)Nc2ccccn2)cc(F)c1-c1ncn2ccnc(-c3cn4c5oc=5n(C(C)C)cc4cc3N)c12. The number of nitrogens with zero attached hydrogens (tertiary/aromatic N) is 6. The molecule has 43 heavy (non-hydrogen) atoms. The first-order chi connectivity index (χ1) is 20.8. The molecule has 216 valence electrons. The van der Waals surface area contributed by atoms with E-state index in [1.165, 1.54) is 6.07 Å². The number of carbonyl (C=O) groups excluding carboxylic acids is 1. The molecule has 5 aromatic rings. The summed E-state index contributed by atoms with van der Waals surface area (Å²) >= 11 is 0. The molecule has 0 spiro atoms. The van der Waals surface area contributed by atoms with E-state index in [1.54, 1.807) is 54.4 Å².